The van der Waals surface area contributed by atoms with Gasteiger partial charge in [-0.3, -0.25) is 4.98 Å². The highest BCUT2D eigenvalue weighted by molar-refractivity contribution is 9.09. The maximum Gasteiger partial charge on any atom is 0.0435 e. The molecule has 1 aromatic heterocycles. The van der Waals surface area contributed by atoms with Gasteiger partial charge >= 0.3 is 0 Å². The first-order chi connectivity index (χ1) is 13.2. The third kappa shape index (κ3) is 2.20. The van der Waals surface area contributed by atoms with E-state index in [2.05, 4.69) is 53.0 Å². The molecule has 150 valence electrons. The van der Waals surface area contributed by atoms with E-state index < -0.39 is 0 Å². The molecule has 1 aromatic rings. The molecule has 0 spiro atoms. The van der Waals surface area contributed by atoms with Crippen LogP contribution in [-0.2, 0) is 0 Å². The topological polar surface area (TPSA) is 64.9 Å². The van der Waals surface area contributed by atoms with Crippen molar-refractivity contribution in [1.82, 2.24) is 4.98 Å². The van der Waals surface area contributed by atoms with Gasteiger partial charge in [-0.25, -0.2) is 0 Å². The van der Waals surface area contributed by atoms with Crippen LogP contribution in [0.5, 0.6) is 0 Å². The number of hydrogen-bond acceptors (Lipinski definition) is 3. The van der Waals surface area contributed by atoms with E-state index in [1.807, 2.05) is 18.5 Å². The molecule has 4 N–H and O–H groups in total. The summed E-state index contributed by atoms with van der Waals surface area (Å²) in [6.45, 7) is 4.83. The Morgan fingerprint density at radius 1 is 1.14 bits per heavy atom. The number of aromatic nitrogens is 1. The molecule has 0 saturated heterocycles. The first kappa shape index (κ1) is 19.0. The van der Waals surface area contributed by atoms with Crippen molar-refractivity contribution in [2.24, 2.45) is 28.2 Å². The highest BCUT2D eigenvalue weighted by Crippen LogP contribution is 2.67. The number of halogens is 1. The highest BCUT2D eigenvalue weighted by atomic mass is 79.9. The summed E-state index contributed by atoms with van der Waals surface area (Å²) in [5.74, 6) is 0.380. The molecule has 5 rings (SSSR count). The molecule has 1 unspecified atom stereocenters. The minimum atomic E-state index is -0.363. The lowest BCUT2D eigenvalue weighted by Crippen LogP contribution is -2.80. The number of pyridine rings is 1. The second-order valence-corrected chi connectivity index (χ2v) is 11.5. The average Bonchev–Trinajstić information content (AvgIpc) is 3.04. The molecule has 0 amide bonds. The standard InChI is InChI=1S/C24H32BrN3/c1-21-11-12-24(27)22(2)9-8-18(25)14-17(22)7-10-23(24,26)20(21)6-5-19(21)16-4-3-13-28-15-16/h3-5,7,13,15,18,20H,6,8-12,14,26-27H2,1-2H3/t18?,20-,21-,22+,23-,24+/m1/s1. The molecule has 4 heteroatoms. The van der Waals surface area contributed by atoms with Gasteiger partial charge in [0.15, 0.2) is 0 Å². The zero-order valence-corrected chi connectivity index (χ0v) is 18.6. The molecule has 6 atom stereocenters. The largest absolute Gasteiger partial charge is 0.323 e. The molecule has 0 aliphatic heterocycles. The van der Waals surface area contributed by atoms with Crippen molar-refractivity contribution >= 4 is 21.5 Å². The van der Waals surface area contributed by atoms with Crippen molar-refractivity contribution in [3.8, 4) is 0 Å². The van der Waals surface area contributed by atoms with E-state index in [4.69, 9.17) is 11.5 Å². The molecular weight excluding hydrogens is 410 g/mol. The number of hydrogen-bond donors (Lipinski definition) is 2. The van der Waals surface area contributed by atoms with E-state index >= 15 is 0 Å². The Kier molecular flexibility index (Phi) is 4.09. The van der Waals surface area contributed by atoms with Gasteiger partial charge in [-0.1, -0.05) is 53.6 Å². The van der Waals surface area contributed by atoms with Gasteiger partial charge in [-0.2, -0.15) is 0 Å². The molecule has 1 heterocycles. The monoisotopic (exact) mass is 441 g/mol. The van der Waals surface area contributed by atoms with Gasteiger partial charge in [-0.15, -0.1) is 0 Å². The summed E-state index contributed by atoms with van der Waals surface area (Å²) in [6, 6.07) is 4.23. The maximum atomic E-state index is 7.42. The summed E-state index contributed by atoms with van der Waals surface area (Å²) in [7, 11) is 0. The lowest BCUT2D eigenvalue weighted by Gasteiger charge is -2.68. The van der Waals surface area contributed by atoms with E-state index in [1.54, 1.807) is 5.57 Å². The Hall–Kier alpha value is -0.970. The zero-order chi connectivity index (χ0) is 19.8. The third-order valence-corrected chi connectivity index (χ3v) is 9.97. The van der Waals surface area contributed by atoms with Crippen molar-refractivity contribution in [2.75, 3.05) is 0 Å². The molecule has 2 fully saturated rings. The quantitative estimate of drug-likeness (QED) is 0.477. The fourth-order valence-electron chi connectivity index (χ4n) is 7.37. The fourth-order valence-corrected chi connectivity index (χ4v) is 7.95. The number of fused-ring (bicyclic) bond motifs is 5. The number of alkyl halides is 1. The molecular formula is C24H32BrN3. The fraction of sp³-hybridized carbons (Fsp3) is 0.625. The number of allylic oxidation sites excluding steroid dienone is 2. The molecule has 2 saturated carbocycles. The van der Waals surface area contributed by atoms with Crippen LogP contribution in [0.1, 0.15) is 64.4 Å². The van der Waals surface area contributed by atoms with Crippen molar-refractivity contribution < 1.29 is 0 Å². The Balaban J connectivity index is 1.58. The molecule has 4 aliphatic carbocycles. The summed E-state index contributed by atoms with van der Waals surface area (Å²) in [4.78, 5) is 4.95. The Bertz CT molecular complexity index is 864. The predicted octanol–water partition coefficient (Wildman–Crippen LogP) is 4.96. The minimum Gasteiger partial charge on any atom is -0.323 e. The summed E-state index contributed by atoms with van der Waals surface area (Å²) in [6.07, 6.45) is 16.2. The number of nitrogens with zero attached hydrogens (tertiary/aromatic N) is 1. The van der Waals surface area contributed by atoms with Crippen LogP contribution in [0.25, 0.3) is 5.57 Å². The summed E-state index contributed by atoms with van der Waals surface area (Å²) < 4.78 is 0. The first-order valence-corrected chi connectivity index (χ1v) is 11.7. The number of nitrogens with two attached hydrogens (primary N) is 2. The van der Waals surface area contributed by atoms with Gasteiger partial charge in [0.25, 0.3) is 0 Å². The third-order valence-electron chi connectivity index (χ3n) is 9.18. The van der Waals surface area contributed by atoms with Crippen molar-refractivity contribution in [1.29, 1.82) is 0 Å². The van der Waals surface area contributed by atoms with Crippen molar-refractivity contribution in [3.05, 3.63) is 47.8 Å². The second-order valence-electron chi connectivity index (χ2n) is 10.2. The van der Waals surface area contributed by atoms with Crippen LogP contribution in [0.15, 0.2) is 42.3 Å². The van der Waals surface area contributed by atoms with Gasteiger partial charge in [-0.05, 0) is 73.5 Å². The van der Waals surface area contributed by atoms with Gasteiger partial charge in [0.05, 0.1) is 0 Å². The van der Waals surface area contributed by atoms with Crippen LogP contribution in [0.2, 0.25) is 0 Å². The van der Waals surface area contributed by atoms with Gasteiger partial charge in [0.2, 0.25) is 0 Å². The van der Waals surface area contributed by atoms with Crippen LogP contribution < -0.4 is 11.5 Å². The summed E-state index contributed by atoms with van der Waals surface area (Å²) in [5, 5.41) is 0. The lowest BCUT2D eigenvalue weighted by molar-refractivity contribution is -0.0552. The smallest absolute Gasteiger partial charge is 0.0435 e. The SMILES string of the molecule is C[C@]12CCC(Br)CC1=CC[C@@]1(N)[C@@H]3CC=C(c4cccnc4)[C@@]3(C)CC[C@]21N. The van der Waals surface area contributed by atoms with Crippen molar-refractivity contribution in [2.45, 2.75) is 74.7 Å². The van der Waals surface area contributed by atoms with Crippen LogP contribution in [-0.4, -0.2) is 20.9 Å². The van der Waals surface area contributed by atoms with Crippen LogP contribution in [0.4, 0.5) is 0 Å². The van der Waals surface area contributed by atoms with Crippen molar-refractivity contribution in [3.63, 3.8) is 0 Å². The van der Waals surface area contributed by atoms with E-state index in [0.29, 0.717) is 10.7 Å². The summed E-state index contributed by atoms with van der Waals surface area (Å²) >= 11 is 3.85. The second kappa shape index (κ2) is 6.02. The molecule has 0 radical (unpaired) electrons. The molecule has 3 nitrogen and oxygen atoms in total. The summed E-state index contributed by atoms with van der Waals surface area (Å²) in [5.41, 5.74) is 18.4. The van der Waals surface area contributed by atoms with E-state index in [-0.39, 0.29) is 21.9 Å². The van der Waals surface area contributed by atoms with Gasteiger partial charge < -0.3 is 11.5 Å². The van der Waals surface area contributed by atoms with Crippen LogP contribution >= 0.6 is 15.9 Å². The zero-order valence-electron chi connectivity index (χ0n) is 17.0. The van der Waals surface area contributed by atoms with E-state index in [9.17, 15) is 0 Å². The lowest BCUT2D eigenvalue weighted by atomic mass is 9.41. The van der Waals surface area contributed by atoms with Crippen LogP contribution in [0.3, 0.4) is 0 Å². The highest BCUT2D eigenvalue weighted by Gasteiger charge is 2.69. The molecule has 4 aliphatic rings. The molecule has 0 aromatic carbocycles. The Morgan fingerprint density at radius 2 is 1.96 bits per heavy atom. The average molecular weight is 442 g/mol. The Labute approximate surface area is 177 Å². The molecule has 0 bridgehead atoms. The minimum absolute atomic E-state index is 0.0165. The van der Waals surface area contributed by atoms with E-state index in [0.717, 1.165) is 38.5 Å². The normalized spacial score (nSPS) is 47.5. The maximum absolute atomic E-state index is 7.42. The van der Waals surface area contributed by atoms with Crippen LogP contribution in [0, 0.1) is 16.7 Å². The van der Waals surface area contributed by atoms with E-state index in [1.165, 1.54) is 17.6 Å². The predicted molar refractivity (Wildman–Crippen MR) is 119 cm³/mol. The van der Waals surface area contributed by atoms with Gasteiger partial charge in [0.1, 0.15) is 0 Å². The first-order valence-electron chi connectivity index (χ1n) is 10.8. The Morgan fingerprint density at radius 3 is 2.71 bits per heavy atom. The molecule has 28 heavy (non-hydrogen) atoms. The number of rotatable bonds is 1. The van der Waals surface area contributed by atoms with Gasteiger partial charge in [0, 0.05) is 33.7 Å².